The molecular formula is C55H110N12. The van der Waals surface area contributed by atoms with Crippen molar-refractivity contribution in [1.29, 1.82) is 0 Å². The Balaban J connectivity index is 1.53. The third-order valence-electron chi connectivity index (χ3n) is 15.2. The Hall–Kier alpha value is -1.83. The molecule has 0 aromatic heterocycles. The van der Waals surface area contributed by atoms with Crippen LogP contribution < -0.4 is 32.3 Å². The number of nitrogens with two attached hydrogens (primary N) is 1. The highest BCUT2D eigenvalue weighted by Crippen LogP contribution is 2.36. The highest BCUT2D eigenvalue weighted by Gasteiger charge is 2.44. The van der Waals surface area contributed by atoms with E-state index in [-0.39, 0.29) is 56.3 Å². The number of hydrogen-bond acceptors (Lipinski definition) is 7. The van der Waals surface area contributed by atoms with Crippen molar-refractivity contribution in [2.75, 3.05) is 39.8 Å². The molecule has 0 radical (unpaired) electrons. The van der Waals surface area contributed by atoms with E-state index in [1.165, 1.54) is 70.8 Å². The van der Waals surface area contributed by atoms with Crippen molar-refractivity contribution >= 4 is 17.8 Å². The minimum atomic E-state index is -0.0328. The maximum Gasteiger partial charge on any atom is 0.230 e. The predicted octanol–water partition coefficient (Wildman–Crippen LogP) is 9.58. The molecule has 0 amide bonds. The number of guanidine groups is 2. The van der Waals surface area contributed by atoms with Crippen molar-refractivity contribution in [3.8, 4) is 0 Å². The molecule has 12 heteroatoms. The van der Waals surface area contributed by atoms with Crippen LogP contribution in [-0.4, -0.2) is 141 Å². The maximum atomic E-state index is 6.57. The molecule has 0 spiro atoms. The number of nitrogens with one attached hydrogen (secondary N) is 5. The van der Waals surface area contributed by atoms with Gasteiger partial charge >= 0.3 is 0 Å². The topological polar surface area (TPSA) is 133 Å². The van der Waals surface area contributed by atoms with E-state index in [4.69, 9.17) is 15.7 Å². The van der Waals surface area contributed by atoms with Crippen molar-refractivity contribution < 1.29 is 0 Å². The van der Waals surface area contributed by atoms with Crippen LogP contribution in [0.3, 0.4) is 0 Å². The second-order valence-corrected chi connectivity index (χ2v) is 27.3. The number of nitrogens with zero attached hydrogens (tertiary/aromatic N) is 6. The van der Waals surface area contributed by atoms with Crippen molar-refractivity contribution in [1.82, 2.24) is 41.3 Å². The van der Waals surface area contributed by atoms with E-state index in [1.54, 1.807) is 7.05 Å². The summed E-state index contributed by atoms with van der Waals surface area (Å²) in [6.45, 7) is 47.6. The lowest BCUT2D eigenvalue weighted by molar-refractivity contribution is 0.0679. The average Bonchev–Trinajstić information content (AvgIpc) is 3.11. The molecule has 390 valence electrons. The summed E-state index contributed by atoms with van der Waals surface area (Å²) in [4.78, 5) is 23.1. The zero-order valence-corrected chi connectivity index (χ0v) is 47.4. The number of amidine groups is 1. The van der Waals surface area contributed by atoms with Gasteiger partial charge in [0.25, 0.3) is 0 Å². The molecule has 4 rings (SSSR count). The molecule has 4 fully saturated rings. The summed E-state index contributed by atoms with van der Waals surface area (Å²) in [5.41, 5.74) is 7.17. The van der Waals surface area contributed by atoms with Gasteiger partial charge in [0, 0.05) is 88.6 Å². The summed E-state index contributed by atoms with van der Waals surface area (Å²) in [7, 11) is 1.74. The molecule has 4 aliphatic heterocycles. The molecule has 0 aliphatic carbocycles. The molecule has 4 saturated heterocycles. The lowest BCUT2D eigenvalue weighted by Crippen LogP contribution is -2.63. The molecule has 12 nitrogen and oxygen atoms in total. The molecule has 4 aliphatic rings. The van der Waals surface area contributed by atoms with Crippen LogP contribution in [0.1, 0.15) is 227 Å². The minimum absolute atomic E-state index is 0.0118. The predicted molar refractivity (Wildman–Crippen MR) is 291 cm³/mol. The fourth-order valence-corrected chi connectivity index (χ4v) is 14.2. The number of rotatable bonds is 19. The van der Waals surface area contributed by atoms with Crippen molar-refractivity contribution in [2.45, 2.75) is 296 Å². The molecule has 0 aromatic carbocycles. The van der Waals surface area contributed by atoms with Crippen LogP contribution in [0.4, 0.5) is 0 Å². The van der Waals surface area contributed by atoms with E-state index in [2.05, 4.69) is 171 Å². The Labute approximate surface area is 413 Å². The first-order valence-electron chi connectivity index (χ1n) is 27.3. The van der Waals surface area contributed by atoms with Crippen molar-refractivity contribution in [3.05, 3.63) is 0 Å². The molecule has 0 unspecified atom stereocenters. The van der Waals surface area contributed by atoms with Crippen LogP contribution in [0, 0.1) is 0 Å². The van der Waals surface area contributed by atoms with Gasteiger partial charge in [-0.25, -0.2) is 4.99 Å². The first-order chi connectivity index (χ1) is 30.7. The average molecular weight is 940 g/mol. The molecule has 0 aromatic rings. The molecule has 0 saturated carbocycles. The number of aliphatic imine (C=N–C) groups is 3. The quantitative estimate of drug-likeness (QED) is 0.0426. The van der Waals surface area contributed by atoms with Gasteiger partial charge in [0.15, 0.2) is 0 Å². The lowest BCUT2D eigenvalue weighted by atomic mass is 9.79. The second-order valence-electron chi connectivity index (χ2n) is 27.3. The molecule has 67 heavy (non-hydrogen) atoms. The normalized spacial score (nSPS) is 25.6. The largest absolute Gasteiger partial charge is 0.368 e. The zero-order valence-electron chi connectivity index (χ0n) is 47.4. The van der Waals surface area contributed by atoms with Crippen LogP contribution in [0.2, 0.25) is 0 Å². The highest BCUT2D eigenvalue weighted by molar-refractivity contribution is 6.00. The van der Waals surface area contributed by atoms with E-state index >= 15 is 0 Å². The molecular weight excluding hydrogens is 829 g/mol. The Morgan fingerprint density at radius 2 is 0.851 bits per heavy atom. The number of piperidine rings is 4. The summed E-state index contributed by atoms with van der Waals surface area (Å²) in [6, 6.07) is 1.81. The standard InChI is InChI=1S/C55H110N12/c1-20-65(43-35-50(7,8)62-51(9,10)36-43)30-26-23-24-28-32-67(45-39-54(15,16)64-55(17,18)40-45)47(60-46(56)57-19)59-41(2)66(44-37-52(11,12)63-53(13,14)38-44)31-27-22-21-25-29-58-42-33-48(3,4)61-49(5,6)34-42/h42-45,58,61-64H,20-40H2,1-19H3,(H2,56,57). The van der Waals surface area contributed by atoms with E-state index in [9.17, 15) is 0 Å². The zero-order chi connectivity index (χ0) is 50.3. The van der Waals surface area contributed by atoms with E-state index < -0.39 is 0 Å². The molecule has 7 N–H and O–H groups in total. The Morgan fingerprint density at radius 3 is 1.27 bits per heavy atom. The SMILES string of the molecule is CCN(CCCCCCN(C(N=C(C)N(CCCCCCNC1CC(C)(C)NC(C)(C)C1)C1CC(C)(C)NC(C)(C)C1)=NC(N)=NC)C1CC(C)(C)NC(C)(C)C1)C1CC(C)(C)NC(C)(C)C1. The van der Waals surface area contributed by atoms with Gasteiger partial charge in [0.1, 0.15) is 5.84 Å². The van der Waals surface area contributed by atoms with Gasteiger partial charge in [-0.15, -0.1) is 0 Å². The van der Waals surface area contributed by atoms with Gasteiger partial charge in [-0.1, -0.05) is 32.6 Å². The summed E-state index contributed by atoms with van der Waals surface area (Å²) >= 11 is 0. The van der Waals surface area contributed by atoms with Gasteiger partial charge in [-0.3, -0.25) is 4.99 Å². The summed E-state index contributed by atoms with van der Waals surface area (Å²) in [5.74, 6) is 2.05. The van der Waals surface area contributed by atoms with Crippen LogP contribution in [0.15, 0.2) is 15.0 Å². The van der Waals surface area contributed by atoms with E-state index in [0.29, 0.717) is 18.1 Å². The van der Waals surface area contributed by atoms with Crippen LogP contribution >= 0.6 is 0 Å². The van der Waals surface area contributed by atoms with Gasteiger partial charge < -0.3 is 47.0 Å². The first kappa shape index (κ1) is 57.7. The van der Waals surface area contributed by atoms with Crippen LogP contribution in [0.5, 0.6) is 0 Å². The van der Waals surface area contributed by atoms with E-state index in [1.807, 2.05) is 0 Å². The molecule has 0 atom stereocenters. The first-order valence-corrected chi connectivity index (χ1v) is 27.3. The molecule has 0 bridgehead atoms. The fraction of sp³-hybridized carbons (Fsp3) is 0.945. The van der Waals surface area contributed by atoms with Crippen molar-refractivity contribution in [2.24, 2.45) is 20.7 Å². The van der Waals surface area contributed by atoms with E-state index in [0.717, 1.165) is 76.5 Å². The number of hydrogen-bond donors (Lipinski definition) is 6. The third kappa shape index (κ3) is 19.4. The molecule has 4 heterocycles. The van der Waals surface area contributed by atoms with Crippen LogP contribution in [-0.2, 0) is 0 Å². The summed E-state index contributed by atoms with van der Waals surface area (Å²) in [5, 5.41) is 19.6. The lowest BCUT2D eigenvalue weighted by Gasteiger charge is -2.50. The van der Waals surface area contributed by atoms with Gasteiger partial charge in [-0.05, 0) is 214 Å². The Kier molecular flexibility index (Phi) is 20.0. The smallest absolute Gasteiger partial charge is 0.230 e. The Morgan fingerprint density at radius 1 is 0.493 bits per heavy atom. The Bertz CT molecular complexity index is 1570. The third-order valence-corrected chi connectivity index (χ3v) is 15.2. The minimum Gasteiger partial charge on any atom is -0.368 e. The van der Waals surface area contributed by atoms with Gasteiger partial charge in [-0.2, -0.15) is 4.99 Å². The van der Waals surface area contributed by atoms with Crippen LogP contribution in [0.25, 0.3) is 0 Å². The number of unbranched alkanes of at least 4 members (excludes halogenated alkanes) is 6. The maximum absolute atomic E-state index is 6.57. The second kappa shape index (κ2) is 23.2. The van der Waals surface area contributed by atoms with Crippen molar-refractivity contribution in [3.63, 3.8) is 0 Å². The fourth-order valence-electron chi connectivity index (χ4n) is 14.2. The summed E-state index contributed by atoms with van der Waals surface area (Å²) < 4.78 is 0. The summed E-state index contributed by atoms with van der Waals surface area (Å²) in [6.07, 6.45) is 18.4. The highest BCUT2D eigenvalue weighted by atomic mass is 15.3. The van der Waals surface area contributed by atoms with Gasteiger partial charge in [0.05, 0.1) is 0 Å². The monoisotopic (exact) mass is 939 g/mol. The van der Waals surface area contributed by atoms with Gasteiger partial charge in [0.2, 0.25) is 11.9 Å².